The zero-order valence-corrected chi connectivity index (χ0v) is 8.90. The topological polar surface area (TPSA) is 37.4 Å². The summed E-state index contributed by atoms with van der Waals surface area (Å²) in [5.74, 6) is 0.921. The van der Waals surface area contributed by atoms with Gasteiger partial charge in [-0.1, -0.05) is 0 Å². The van der Waals surface area contributed by atoms with Crippen molar-refractivity contribution in [3.05, 3.63) is 0 Å². The van der Waals surface area contributed by atoms with Gasteiger partial charge in [-0.3, -0.25) is 0 Å². The number of rotatable bonds is 3. The fourth-order valence-corrected chi connectivity index (χ4v) is 2.75. The second-order valence-corrected chi connectivity index (χ2v) is 6.23. The summed E-state index contributed by atoms with van der Waals surface area (Å²) in [4.78, 5) is 0. The van der Waals surface area contributed by atoms with Crippen molar-refractivity contribution in [1.82, 2.24) is 4.31 Å². The van der Waals surface area contributed by atoms with Gasteiger partial charge < -0.3 is 0 Å². The van der Waals surface area contributed by atoms with Crippen molar-refractivity contribution >= 4 is 21.6 Å². The molecular weight excluding hydrogens is 198 g/mol. The van der Waals surface area contributed by atoms with Crippen molar-refractivity contribution in [2.45, 2.75) is 19.1 Å². The van der Waals surface area contributed by atoms with Gasteiger partial charge in [-0.05, 0) is 13.8 Å². The summed E-state index contributed by atoms with van der Waals surface area (Å²) in [6.45, 7) is 4.60. The molecule has 1 heterocycles. The Morgan fingerprint density at radius 3 is 2.33 bits per heavy atom. The van der Waals surface area contributed by atoms with E-state index in [1.807, 2.05) is 0 Å². The Morgan fingerprint density at radius 1 is 1.50 bits per heavy atom. The highest BCUT2D eigenvalue weighted by Gasteiger charge is 2.36. The Balaban J connectivity index is 2.53. The van der Waals surface area contributed by atoms with Crippen LogP contribution in [0.3, 0.4) is 0 Å². The fourth-order valence-electron chi connectivity index (χ4n) is 1.13. The predicted molar refractivity (Wildman–Crippen MR) is 49.8 cm³/mol. The molecule has 0 bridgehead atoms. The van der Waals surface area contributed by atoms with Crippen molar-refractivity contribution in [2.24, 2.45) is 5.92 Å². The van der Waals surface area contributed by atoms with Crippen LogP contribution in [0.4, 0.5) is 0 Å². The second kappa shape index (κ2) is 3.52. The predicted octanol–water partition coefficient (Wildman–Crippen LogP) is 0.895. The molecule has 0 aliphatic carbocycles. The Hall–Kier alpha value is 0.200. The number of sulfonamides is 1. The average Bonchev–Trinajstić information content (AvgIpc) is 1.84. The van der Waals surface area contributed by atoms with Gasteiger partial charge in [-0.15, -0.1) is 11.6 Å². The van der Waals surface area contributed by atoms with E-state index in [4.69, 9.17) is 11.6 Å². The van der Waals surface area contributed by atoms with Crippen molar-refractivity contribution < 1.29 is 8.42 Å². The van der Waals surface area contributed by atoms with Crippen LogP contribution in [-0.2, 0) is 10.0 Å². The molecule has 0 unspecified atom stereocenters. The van der Waals surface area contributed by atoms with Crippen LogP contribution in [0.2, 0.25) is 0 Å². The van der Waals surface area contributed by atoms with Gasteiger partial charge in [0, 0.05) is 24.9 Å². The molecule has 0 aromatic carbocycles. The van der Waals surface area contributed by atoms with E-state index >= 15 is 0 Å². The van der Waals surface area contributed by atoms with E-state index < -0.39 is 10.0 Å². The molecule has 0 aromatic rings. The van der Waals surface area contributed by atoms with Gasteiger partial charge in [-0.25, -0.2) is 12.7 Å². The van der Waals surface area contributed by atoms with E-state index in [0.29, 0.717) is 24.9 Å². The molecule has 0 spiro atoms. The van der Waals surface area contributed by atoms with Crippen LogP contribution >= 0.6 is 11.6 Å². The third kappa shape index (κ3) is 1.75. The maximum atomic E-state index is 11.5. The Bertz CT molecular complexity index is 244. The summed E-state index contributed by atoms with van der Waals surface area (Å²) in [6, 6.07) is 0. The van der Waals surface area contributed by atoms with E-state index in [0.717, 1.165) is 0 Å². The van der Waals surface area contributed by atoms with E-state index in [1.165, 1.54) is 4.31 Å². The molecule has 1 aliphatic rings. The molecule has 72 valence electrons. The van der Waals surface area contributed by atoms with Crippen LogP contribution in [0.5, 0.6) is 0 Å². The summed E-state index contributed by atoms with van der Waals surface area (Å²) in [6.07, 6.45) is 0. The molecule has 3 nitrogen and oxygen atoms in total. The smallest absolute Gasteiger partial charge is 0.212 e. The quantitative estimate of drug-likeness (QED) is 0.651. The van der Waals surface area contributed by atoms with Gasteiger partial charge in [-0.2, -0.15) is 0 Å². The molecule has 1 aliphatic heterocycles. The first-order valence-corrected chi connectivity index (χ1v) is 6.07. The molecule has 0 radical (unpaired) electrons. The van der Waals surface area contributed by atoms with Crippen LogP contribution in [0.1, 0.15) is 13.8 Å². The lowest BCUT2D eigenvalue weighted by molar-refractivity contribution is 0.219. The summed E-state index contributed by atoms with van der Waals surface area (Å²) in [5.41, 5.74) is 0. The van der Waals surface area contributed by atoms with Gasteiger partial charge >= 0.3 is 0 Å². The summed E-state index contributed by atoms with van der Waals surface area (Å²) in [7, 11) is -3.01. The van der Waals surface area contributed by atoms with Crippen LogP contribution in [-0.4, -0.2) is 36.9 Å². The molecule has 0 saturated carbocycles. The number of alkyl halides is 1. The number of hydrogen-bond acceptors (Lipinski definition) is 2. The highest BCUT2D eigenvalue weighted by molar-refractivity contribution is 7.89. The lowest BCUT2D eigenvalue weighted by atomic mass is 10.1. The number of hydrogen-bond donors (Lipinski definition) is 0. The highest BCUT2D eigenvalue weighted by atomic mass is 35.5. The minimum Gasteiger partial charge on any atom is -0.212 e. The zero-order chi connectivity index (χ0) is 9.35. The van der Waals surface area contributed by atoms with E-state index in [1.54, 1.807) is 13.8 Å². The molecule has 1 saturated heterocycles. The normalized spacial score (nSPS) is 21.3. The third-order valence-electron chi connectivity index (χ3n) is 2.10. The molecule has 1 fully saturated rings. The van der Waals surface area contributed by atoms with E-state index in [9.17, 15) is 8.42 Å². The fraction of sp³-hybridized carbons (Fsp3) is 1.00. The first-order valence-electron chi connectivity index (χ1n) is 4.03. The lowest BCUT2D eigenvalue weighted by Gasteiger charge is -2.38. The van der Waals surface area contributed by atoms with Gasteiger partial charge in [0.15, 0.2) is 0 Å². The first-order chi connectivity index (χ1) is 5.48. The van der Waals surface area contributed by atoms with Gasteiger partial charge in [0.05, 0.1) is 5.25 Å². The van der Waals surface area contributed by atoms with Crippen LogP contribution < -0.4 is 0 Å². The first kappa shape index (κ1) is 10.3. The van der Waals surface area contributed by atoms with Crippen molar-refractivity contribution in [1.29, 1.82) is 0 Å². The molecular formula is C7H14ClNO2S. The van der Waals surface area contributed by atoms with E-state index in [2.05, 4.69) is 0 Å². The second-order valence-electron chi connectivity index (χ2n) is 3.43. The maximum Gasteiger partial charge on any atom is 0.216 e. The summed E-state index contributed by atoms with van der Waals surface area (Å²) in [5, 5.41) is -0.311. The Morgan fingerprint density at radius 2 is 2.00 bits per heavy atom. The zero-order valence-electron chi connectivity index (χ0n) is 7.33. The van der Waals surface area contributed by atoms with Crippen LogP contribution in [0, 0.1) is 5.92 Å². The number of nitrogens with zero attached hydrogens (tertiary/aromatic N) is 1. The Kier molecular flexibility index (Phi) is 3.01. The maximum absolute atomic E-state index is 11.5. The average molecular weight is 212 g/mol. The van der Waals surface area contributed by atoms with Crippen molar-refractivity contribution in [3.63, 3.8) is 0 Å². The number of halogens is 1. The van der Waals surface area contributed by atoms with Crippen molar-refractivity contribution in [2.75, 3.05) is 19.0 Å². The molecule has 0 N–H and O–H groups in total. The molecule has 0 amide bonds. The SMILES string of the molecule is CC(C)S(=O)(=O)N1CC(CCl)C1. The summed E-state index contributed by atoms with van der Waals surface area (Å²) >= 11 is 5.58. The molecule has 5 heteroatoms. The standard InChI is InChI=1S/C7H14ClNO2S/c1-6(2)12(10,11)9-4-7(3-8)5-9/h6-7H,3-5H2,1-2H3. The Labute approximate surface area is 78.7 Å². The molecule has 0 aromatic heterocycles. The molecule has 1 rings (SSSR count). The third-order valence-corrected chi connectivity index (χ3v) is 4.74. The lowest BCUT2D eigenvalue weighted by Crippen LogP contribution is -2.52. The summed E-state index contributed by atoms with van der Waals surface area (Å²) < 4.78 is 24.4. The highest BCUT2D eigenvalue weighted by Crippen LogP contribution is 2.22. The van der Waals surface area contributed by atoms with Gasteiger partial charge in [0.25, 0.3) is 0 Å². The van der Waals surface area contributed by atoms with Gasteiger partial charge in [0.1, 0.15) is 0 Å². The van der Waals surface area contributed by atoms with E-state index in [-0.39, 0.29) is 5.25 Å². The molecule has 0 atom stereocenters. The van der Waals surface area contributed by atoms with Crippen LogP contribution in [0.15, 0.2) is 0 Å². The van der Waals surface area contributed by atoms with Crippen LogP contribution in [0.25, 0.3) is 0 Å². The minimum atomic E-state index is -3.01. The monoisotopic (exact) mass is 211 g/mol. The molecule has 12 heavy (non-hydrogen) atoms. The van der Waals surface area contributed by atoms with Crippen molar-refractivity contribution in [3.8, 4) is 0 Å². The largest absolute Gasteiger partial charge is 0.216 e. The minimum absolute atomic E-state index is 0.311. The van der Waals surface area contributed by atoms with Gasteiger partial charge in [0.2, 0.25) is 10.0 Å².